The molecule has 0 spiro atoms. The van der Waals surface area contributed by atoms with Crippen LogP contribution in [0.2, 0.25) is 0 Å². The van der Waals surface area contributed by atoms with Crippen molar-refractivity contribution in [2.45, 2.75) is 43.8 Å². The minimum atomic E-state index is -3.07. The van der Waals surface area contributed by atoms with Crippen LogP contribution in [0.1, 0.15) is 36.7 Å². The fourth-order valence-corrected chi connectivity index (χ4v) is 6.48. The van der Waals surface area contributed by atoms with E-state index in [4.69, 9.17) is 14.6 Å². The summed E-state index contributed by atoms with van der Waals surface area (Å²) in [5, 5.41) is 17.4. The van der Waals surface area contributed by atoms with Crippen LogP contribution in [0.4, 0.5) is 0 Å². The van der Waals surface area contributed by atoms with Crippen LogP contribution in [0, 0.1) is 0 Å². The van der Waals surface area contributed by atoms with Crippen molar-refractivity contribution in [2.75, 3.05) is 19.8 Å². The van der Waals surface area contributed by atoms with E-state index >= 15 is 0 Å². The highest BCUT2D eigenvalue weighted by Crippen LogP contribution is 2.35. The number of sulfone groups is 1. The molecule has 1 fully saturated rings. The van der Waals surface area contributed by atoms with Gasteiger partial charge in [-0.15, -0.1) is 5.10 Å². The third-order valence-electron chi connectivity index (χ3n) is 7.60. The van der Waals surface area contributed by atoms with Gasteiger partial charge < -0.3 is 9.47 Å². The van der Waals surface area contributed by atoms with Gasteiger partial charge in [-0.25, -0.2) is 13.1 Å². The second-order valence-electron chi connectivity index (χ2n) is 10.8. The Hall–Kier alpha value is -3.64. The summed E-state index contributed by atoms with van der Waals surface area (Å²) in [5.41, 5.74) is 5.48. The molecule has 1 aliphatic heterocycles. The fraction of sp³-hybridized carbons (Fsp3) is 0.444. The van der Waals surface area contributed by atoms with Crippen molar-refractivity contribution in [3.8, 4) is 22.9 Å². The fourth-order valence-electron chi connectivity index (χ4n) is 5.35. The summed E-state index contributed by atoms with van der Waals surface area (Å²) in [4.78, 5) is 2.19. The second kappa shape index (κ2) is 9.53. The molecular formula is C27H33N7O4S. The molecule has 0 amide bonds. The number of nitrogens with zero attached hydrogens (tertiary/aromatic N) is 6. The van der Waals surface area contributed by atoms with Crippen molar-refractivity contribution < 1.29 is 17.9 Å². The lowest BCUT2D eigenvalue weighted by atomic mass is 9.95. The Morgan fingerprint density at radius 2 is 1.92 bits per heavy atom. The maximum atomic E-state index is 11.9. The average Bonchev–Trinajstić information content (AvgIpc) is 3.49. The summed E-state index contributed by atoms with van der Waals surface area (Å²) < 4.78 is 40.1. The first-order valence-corrected chi connectivity index (χ1v) is 15.0. The Morgan fingerprint density at radius 3 is 2.69 bits per heavy atom. The van der Waals surface area contributed by atoms with Crippen LogP contribution in [0.25, 0.3) is 34.2 Å². The molecule has 12 heteroatoms. The summed E-state index contributed by atoms with van der Waals surface area (Å²) in [5.74, 6) is 1.22. The zero-order valence-electron chi connectivity index (χ0n) is 22.7. The Bertz CT molecular complexity index is 1680. The molecule has 1 atom stereocenters. The SMILES string of the molecule is C[C@H]1CN(C)Cc2c(c(OC3CC(S(C)(=O)=O)C3)nn2C)/C=C/c2[nH]nc3ccc(cc23)-c2cnn(C)c2O1. The van der Waals surface area contributed by atoms with Gasteiger partial charge in [-0.1, -0.05) is 6.07 Å². The van der Waals surface area contributed by atoms with Crippen molar-refractivity contribution in [2.24, 2.45) is 14.1 Å². The molecular weight excluding hydrogens is 518 g/mol. The predicted molar refractivity (Wildman–Crippen MR) is 149 cm³/mol. The molecule has 2 bridgehead atoms. The Labute approximate surface area is 227 Å². The Morgan fingerprint density at radius 1 is 1.13 bits per heavy atom. The van der Waals surface area contributed by atoms with Crippen LogP contribution in [-0.2, 0) is 30.5 Å². The molecule has 6 rings (SSSR count). The van der Waals surface area contributed by atoms with Gasteiger partial charge in [0.25, 0.3) is 0 Å². The topological polar surface area (TPSA) is 120 Å². The molecule has 3 aromatic heterocycles. The molecule has 1 aromatic carbocycles. The lowest BCUT2D eigenvalue weighted by Gasteiger charge is -2.33. The van der Waals surface area contributed by atoms with E-state index in [2.05, 4.69) is 33.2 Å². The standard InChI is InChI=1S/C27H33N7O4S/c1-16-14-32(2)15-25-20(26(31-33(25)3)38-18-11-19(12-18)39(5,35)36)7-9-24-21-10-17(6-8-23(21)29-30-24)22-13-28-34(4)27(22)37-16/h6-10,13,16,18-19H,11-12,14-15H2,1-5H3,(H,29,30)/b9-7+/t16-,18?,19?/m0/s1. The van der Waals surface area contributed by atoms with Crippen molar-refractivity contribution in [3.05, 3.63) is 41.3 Å². The highest BCUT2D eigenvalue weighted by Gasteiger charge is 2.38. The van der Waals surface area contributed by atoms with Gasteiger partial charge in [0.05, 0.1) is 39.5 Å². The van der Waals surface area contributed by atoms with Gasteiger partial charge in [-0.2, -0.15) is 10.2 Å². The lowest BCUT2D eigenvalue weighted by molar-refractivity contribution is 0.116. The zero-order chi connectivity index (χ0) is 27.5. The quantitative estimate of drug-likeness (QED) is 0.413. The summed E-state index contributed by atoms with van der Waals surface area (Å²) in [7, 11) is 2.77. The minimum absolute atomic E-state index is 0.103. The number of aromatic amines is 1. The molecule has 1 aliphatic carbocycles. The monoisotopic (exact) mass is 551 g/mol. The lowest BCUT2D eigenvalue weighted by Crippen LogP contribution is -2.42. The van der Waals surface area contributed by atoms with Gasteiger partial charge >= 0.3 is 0 Å². The summed E-state index contributed by atoms with van der Waals surface area (Å²) in [6.45, 7) is 3.34. The van der Waals surface area contributed by atoms with Crippen LogP contribution < -0.4 is 9.47 Å². The van der Waals surface area contributed by atoms with Gasteiger partial charge in [-0.3, -0.25) is 14.7 Å². The van der Waals surface area contributed by atoms with Crippen LogP contribution >= 0.6 is 0 Å². The second-order valence-corrected chi connectivity index (χ2v) is 13.1. The third-order valence-corrected chi connectivity index (χ3v) is 9.20. The molecule has 206 valence electrons. The number of benzene rings is 1. The van der Waals surface area contributed by atoms with Gasteiger partial charge in [0.15, 0.2) is 9.84 Å². The number of ether oxygens (including phenoxy) is 2. The normalized spacial score (nSPS) is 22.8. The van der Waals surface area contributed by atoms with E-state index in [1.165, 1.54) is 6.26 Å². The number of hydrogen-bond donors (Lipinski definition) is 1. The summed E-state index contributed by atoms with van der Waals surface area (Å²) in [6, 6.07) is 6.12. The molecule has 0 unspecified atom stereocenters. The van der Waals surface area contributed by atoms with E-state index in [1.807, 2.05) is 56.3 Å². The van der Waals surface area contributed by atoms with E-state index in [0.717, 1.165) is 44.9 Å². The van der Waals surface area contributed by atoms with Crippen molar-refractivity contribution in [1.29, 1.82) is 0 Å². The van der Waals surface area contributed by atoms with Gasteiger partial charge in [0.2, 0.25) is 11.8 Å². The molecule has 0 saturated heterocycles. The van der Waals surface area contributed by atoms with E-state index in [9.17, 15) is 8.42 Å². The van der Waals surface area contributed by atoms with Crippen LogP contribution in [-0.4, -0.2) is 80.4 Å². The highest BCUT2D eigenvalue weighted by atomic mass is 32.2. The molecule has 2 aliphatic rings. The number of likely N-dealkylation sites (N-methyl/N-ethyl adjacent to an activating group) is 1. The van der Waals surface area contributed by atoms with Gasteiger partial charge in [-0.05, 0) is 43.8 Å². The summed E-state index contributed by atoms with van der Waals surface area (Å²) >= 11 is 0. The van der Waals surface area contributed by atoms with E-state index in [0.29, 0.717) is 31.8 Å². The van der Waals surface area contributed by atoms with Gasteiger partial charge in [0, 0.05) is 51.7 Å². The zero-order valence-corrected chi connectivity index (χ0v) is 23.6. The number of aromatic nitrogens is 6. The van der Waals surface area contributed by atoms with Crippen LogP contribution in [0.15, 0.2) is 24.4 Å². The predicted octanol–water partition coefficient (Wildman–Crippen LogP) is 3.03. The number of H-pyrrole nitrogens is 1. The largest absolute Gasteiger partial charge is 0.473 e. The smallest absolute Gasteiger partial charge is 0.240 e. The van der Waals surface area contributed by atoms with E-state index in [-0.39, 0.29) is 17.5 Å². The maximum absolute atomic E-state index is 11.9. The van der Waals surface area contributed by atoms with Crippen molar-refractivity contribution in [1.82, 2.24) is 34.7 Å². The van der Waals surface area contributed by atoms with Crippen molar-refractivity contribution in [3.63, 3.8) is 0 Å². The number of hydrogen-bond acceptors (Lipinski definition) is 8. The van der Waals surface area contributed by atoms with Crippen LogP contribution in [0.5, 0.6) is 11.8 Å². The molecule has 0 radical (unpaired) electrons. The molecule has 11 nitrogen and oxygen atoms in total. The first-order chi connectivity index (χ1) is 18.6. The minimum Gasteiger partial charge on any atom is -0.473 e. The molecule has 1 saturated carbocycles. The number of fused-ring (bicyclic) bond motifs is 4. The van der Waals surface area contributed by atoms with Gasteiger partial charge in [0.1, 0.15) is 12.2 Å². The maximum Gasteiger partial charge on any atom is 0.240 e. The van der Waals surface area contributed by atoms with E-state index in [1.54, 1.807) is 4.68 Å². The number of rotatable bonds is 3. The third kappa shape index (κ3) is 4.82. The first-order valence-electron chi connectivity index (χ1n) is 13.0. The highest BCUT2D eigenvalue weighted by molar-refractivity contribution is 7.91. The Kier molecular flexibility index (Phi) is 6.26. The van der Waals surface area contributed by atoms with Crippen molar-refractivity contribution >= 4 is 32.9 Å². The van der Waals surface area contributed by atoms with Crippen LogP contribution in [0.3, 0.4) is 0 Å². The molecule has 4 aromatic rings. The molecule has 1 N–H and O–H groups in total. The van der Waals surface area contributed by atoms with E-state index < -0.39 is 9.84 Å². The average molecular weight is 552 g/mol. The first kappa shape index (κ1) is 25.6. The Balaban J connectivity index is 1.42. The molecule has 39 heavy (non-hydrogen) atoms. The molecule has 4 heterocycles. The summed E-state index contributed by atoms with van der Waals surface area (Å²) in [6.07, 6.45) is 7.80. The number of aryl methyl sites for hydroxylation is 2. The number of nitrogens with one attached hydrogen (secondary N) is 1.